The van der Waals surface area contributed by atoms with Crippen molar-refractivity contribution in [3.63, 3.8) is 0 Å². The van der Waals surface area contributed by atoms with Gasteiger partial charge in [0, 0.05) is 11.5 Å². The van der Waals surface area contributed by atoms with E-state index in [1.165, 1.54) is 6.07 Å². The predicted octanol–water partition coefficient (Wildman–Crippen LogP) is 2.92. The average molecular weight is 265 g/mol. The zero-order chi connectivity index (χ0) is 10.7. The van der Waals surface area contributed by atoms with E-state index in [0.29, 0.717) is 0 Å². The van der Waals surface area contributed by atoms with Crippen molar-refractivity contribution in [3.05, 3.63) is 28.8 Å². The van der Waals surface area contributed by atoms with Gasteiger partial charge in [-0.1, -0.05) is 15.9 Å². The smallest absolute Gasteiger partial charge is 0.257 e. The van der Waals surface area contributed by atoms with E-state index in [4.69, 9.17) is 5.26 Å². The van der Waals surface area contributed by atoms with Crippen LogP contribution >= 0.6 is 15.9 Å². The molecule has 0 aromatic carbocycles. The molecule has 14 heavy (non-hydrogen) atoms. The summed E-state index contributed by atoms with van der Waals surface area (Å²) in [4.78, 5) is 3.47. The molecular formula is C8H4BrF3N2. The average Bonchev–Trinajstić information content (AvgIpc) is 2.17. The fraction of sp³-hybridized carbons (Fsp3) is 0.250. The summed E-state index contributed by atoms with van der Waals surface area (Å²) < 4.78 is 37.8. The second-order valence-electron chi connectivity index (χ2n) is 2.40. The van der Waals surface area contributed by atoms with Gasteiger partial charge in [-0.05, 0) is 0 Å². The maximum absolute atomic E-state index is 13.2. The zero-order valence-corrected chi connectivity index (χ0v) is 8.35. The fourth-order valence-corrected chi connectivity index (χ4v) is 1.30. The number of hydrogen-bond acceptors (Lipinski definition) is 2. The molecule has 0 bridgehead atoms. The number of alkyl halides is 3. The van der Waals surface area contributed by atoms with Crippen molar-refractivity contribution >= 4 is 15.9 Å². The minimum atomic E-state index is -2.89. The highest BCUT2D eigenvalue weighted by Gasteiger charge is 2.19. The van der Waals surface area contributed by atoms with E-state index in [2.05, 4.69) is 20.9 Å². The highest BCUT2D eigenvalue weighted by Crippen LogP contribution is 2.25. The number of pyridine rings is 1. The van der Waals surface area contributed by atoms with E-state index < -0.39 is 23.4 Å². The molecule has 0 saturated carbocycles. The monoisotopic (exact) mass is 264 g/mol. The SMILES string of the molecule is N#Cc1c(C(F)F)cnc(CBr)c1F. The predicted molar refractivity (Wildman–Crippen MR) is 46.5 cm³/mol. The summed E-state index contributed by atoms with van der Waals surface area (Å²) >= 11 is 2.93. The van der Waals surface area contributed by atoms with Crippen LogP contribution in [0.2, 0.25) is 0 Å². The standard InChI is InChI=1S/C8H4BrF3N2/c9-1-6-7(10)4(2-13)5(3-14-6)8(11)12/h3,8H,1H2. The quantitative estimate of drug-likeness (QED) is 0.771. The van der Waals surface area contributed by atoms with Crippen LogP contribution in [0.25, 0.3) is 0 Å². The first-order valence-corrected chi connectivity index (χ1v) is 4.65. The van der Waals surface area contributed by atoms with Crippen LogP contribution in [0.5, 0.6) is 0 Å². The van der Waals surface area contributed by atoms with Crippen LogP contribution in [-0.2, 0) is 5.33 Å². The molecule has 0 saturated heterocycles. The van der Waals surface area contributed by atoms with Crippen LogP contribution in [0.15, 0.2) is 6.20 Å². The molecule has 1 aromatic heterocycles. The molecule has 1 heterocycles. The van der Waals surface area contributed by atoms with E-state index in [0.717, 1.165) is 6.20 Å². The van der Waals surface area contributed by atoms with Gasteiger partial charge in [-0.15, -0.1) is 0 Å². The van der Waals surface area contributed by atoms with Gasteiger partial charge >= 0.3 is 0 Å². The van der Waals surface area contributed by atoms with Crippen molar-refractivity contribution < 1.29 is 13.2 Å². The van der Waals surface area contributed by atoms with Crippen LogP contribution in [0.1, 0.15) is 23.2 Å². The third-order valence-electron chi connectivity index (χ3n) is 1.59. The van der Waals surface area contributed by atoms with E-state index in [1.807, 2.05) is 0 Å². The minimum Gasteiger partial charge on any atom is -0.257 e. The number of aromatic nitrogens is 1. The van der Waals surface area contributed by atoms with Crippen LogP contribution in [0, 0.1) is 17.1 Å². The summed E-state index contributed by atoms with van der Waals surface area (Å²) in [5, 5.41) is 8.58. The molecular weight excluding hydrogens is 261 g/mol. The van der Waals surface area contributed by atoms with E-state index in [-0.39, 0.29) is 11.0 Å². The summed E-state index contributed by atoms with van der Waals surface area (Å²) in [6.07, 6.45) is -2.07. The first-order valence-electron chi connectivity index (χ1n) is 3.53. The molecule has 0 radical (unpaired) electrons. The Kier molecular flexibility index (Phi) is 3.47. The normalized spacial score (nSPS) is 10.3. The molecule has 2 nitrogen and oxygen atoms in total. The van der Waals surface area contributed by atoms with Gasteiger partial charge in [0.2, 0.25) is 0 Å². The van der Waals surface area contributed by atoms with Gasteiger partial charge in [0.05, 0.1) is 11.3 Å². The largest absolute Gasteiger partial charge is 0.266 e. The second-order valence-corrected chi connectivity index (χ2v) is 2.96. The second kappa shape index (κ2) is 4.42. The van der Waals surface area contributed by atoms with Crippen LogP contribution < -0.4 is 0 Å². The van der Waals surface area contributed by atoms with Gasteiger partial charge in [-0.25, -0.2) is 13.2 Å². The summed E-state index contributed by atoms with van der Waals surface area (Å²) in [6.45, 7) is 0. The van der Waals surface area contributed by atoms with Gasteiger partial charge in [-0.2, -0.15) is 5.26 Å². The Bertz CT molecular complexity index is 387. The van der Waals surface area contributed by atoms with Crippen molar-refractivity contribution in [1.29, 1.82) is 5.26 Å². The van der Waals surface area contributed by atoms with Gasteiger partial charge in [-0.3, -0.25) is 4.98 Å². The lowest BCUT2D eigenvalue weighted by molar-refractivity contribution is 0.150. The maximum Gasteiger partial charge on any atom is 0.266 e. The molecule has 0 N–H and O–H groups in total. The molecule has 0 amide bonds. The van der Waals surface area contributed by atoms with Gasteiger partial charge in [0.1, 0.15) is 11.6 Å². The van der Waals surface area contributed by atoms with Crippen molar-refractivity contribution in [2.75, 3.05) is 0 Å². The molecule has 0 unspecified atom stereocenters. The van der Waals surface area contributed by atoms with E-state index in [9.17, 15) is 13.2 Å². The molecule has 74 valence electrons. The highest BCUT2D eigenvalue weighted by atomic mass is 79.9. The third kappa shape index (κ3) is 1.87. The lowest BCUT2D eigenvalue weighted by atomic mass is 10.1. The fourth-order valence-electron chi connectivity index (χ4n) is 0.912. The summed E-state index contributed by atoms with van der Waals surface area (Å²) in [7, 11) is 0. The minimum absolute atomic E-state index is 0.0500. The van der Waals surface area contributed by atoms with Crippen molar-refractivity contribution in [2.45, 2.75) is 11.8 Å². The Balaban J connectivity index is 3.38. The molecule has 6 heteroatoms. The van der Waals surface area contributed by atoms with Crippen LogP contribution in [0.3, 0.4) is 0 Å². The van der Waals surface area contributed by atoms with E-state index >= 15 is 0 Å². The molecule has 1 aromatic rings. The Morgan fingerprint density at radius 2 is 2.21 bits per heavy atom. The lowest BCUT2D eigenvalue weighted by Crippen LogP contribution is -2.01. The number of halogens is 4. The zero-order valence-electron chi connectivity index (χ0n) is 6.77. The Morgan fingerprint density at radius 3 is 2.64 bits per heavy atom. The molecule has 0 aliphatic rings. The van der Waals surface area contributed by atoms with Crippen molar-refractivity contribution in [2.24, 2.45) is 0 Å². The van der Waals surface area contributed by atoms with Crippen LogP contribution in [0.4, 0.5) is 13.2 Å². The first kappa shape index (κ1) is 11.0. The summed E-state index contributed by atoms with van der Waals surface area (Å²) in [5.41, 5.74) is -1.36. The lowest BCUT2D eigenvalue weighted by Gasteiger charge is -2.05. The Hall–Kier alpha value is -1.09. The van der Waals surface area contributed by atoms with Gasteiger partial charge < -0.3 is 0 Å². The van der Waals surface area contributed by atoms with E-state index in [1.54, 1.807) is 0 Å². The highest BCUT2D eigenvalue weighted by molar-refractivity contribution is 9.08. The molecule has 0 atom stereocenters. The Labute approximate surface area is 86.5 Å². The maximum atomic E-state index is 13.2. The molecule has 0 spiro atoms. The number of hydrogen-bond donors (Lipinski definition) is 0. The molecule has 1 rings (SSSR count). The molecule has 0 aliphatic carbocycles. The van der Waals surface area contributed by atoms with Crippen LogP contribution in [-0.4, -0.2) is 4.98 Å². The van der Waals surface area contributed by atoms with Gasteiger partial charge in [0.15, 0.2) is 5.82 Å². The first-order chi connectivity index (χ1) is 6.61. The summed E-state index contributed by atoms with van der Waals surface area (Å²) in [6, 6.07) is 1.40. The van der Waals surface area contributed by atoms with Crippen molar-refractivity contribution in [3.8, 4) is 6.07 Å². The number of nitrogens with zero attached hydrogens (tertiary/aromatic N) is 2. The Morgan fingerprint density at radius 1 is 1.57 bits per heavy atom. The van der Waals surface area contributed by atoms with Crippen molar-refractivity contribution in [1.82, 2.24) is 4.98 Å². The molecule has 0 aliphatic heterocycles. The number of nitriles is 1. The van der Waals surface area contributed by atoms with Gasteiger partial charge in [0.25, 0.3) is 6.43 Å². The number of rotatable bonds is 2. The topological polar surface area (TPSA) is 36.7 Å². The molecule has 0 fully saturated rings. The summed E-state index contributed by atoms with van der Waals surface area (Å²) in [5.74, 6) is -0.984. The third-order valence-corrected chi connectivity index (χ3v) is 2.13.